The highest BCUT2D eigenvalue weighted by atomic mass is 35.5. The van der Waals surface area contributed by atoms with Crippen LogP contribution in [0.25, 0.3) is 11.4 Å². The monoisotopic (exact) mass is 411 g/mol. The molecule has 2 aromatic carbocycles. The van der Waals surface area contributed by atoms with E-state index in [0.717, 1.165) is 16.8 Å². The molecule has 1 amide bonds. The molecule has 1 N–H and O–H groups in total. The average molecular weight is 412 g/mol. The summed E-state index contributed by atoms with van der Waals surface area (Å²) in [5.41, 5.74) is 2.46. The maximum Gasteiger partial charge on any atom is 0.258 e. The highest BCUT2D eigenvalue weighted by Gasteiger charge is 2.14. The first-order valence-corrected chi connectivity index (χ1v) is 9.34. The Morgan fingerprint density at radius 2 is 1.90 bits per heavy atom. The fraction of sp³-hybridized carbons (Fsp3) is 0.190. The summed E-state index contributed by atoms with van der Waals surface area (Å²) in [6, 6.07) is 14.4. The van der Waals surface area contributed by atoms with Gasteiger partial charge in [0, 0.05) is 28.9 Å². The number of aryl methyl sites for hydroxylation is 1. The van der Waals surface area contributed by atoms with E-state index in [1.807, 2.05) is 37.3 Å². The van der Waals surface area contributed by atoms with Gasteiger partial charge in [0.15, 0.2) is 23.9 Å². The van der Waals surface area contributed by atoms with Crippen molar-refractivity contribution in [1.29, 1.82) is 0 Å². The minimum atomic E-state index is -0.257. The van der Waals surface area contributed by atoms with Crippen LogP contribution < -0.4 is 19.5 Å². The largest absolute Gasteiger partial charge is 0.467 e. The Hall–Kier alpha value is -3.32. The van der Waals surface area contributed by atoms with Crippen LogP contribution in [0.3, 0.4) is 0 Å². The standard InChI is InChI=1S/C21H18ClN3O4/c1-13-8-20(25-21(24-13)15-3-5-16(22)6-4-15)27-11-19(26)23-10-14-2-7-17-18(9-14)29-12-28-17/h2-9H,10-12H2,1H3,(H,23,26). The van der Waals surface area contributed by atoms with E-state index < -0.39 is 0 Å². The molecule has 1 aliphatic heterocycles. The summed E-state index contributed by atoms with van der Waals surface area (Å²) in [5, 5.41) is 3.45. The van der Waals surface area contributed by atoms with Crippen LogP contribution in [0.5, 0.6) is 17.4 Å². The third-order valence-electron chi connectivity index (χ3n) is 4.21. The molecule has 7 nitrogen and oxygen atoms in total. The summed E-state index contributed by atoms with van der Waals surface area (Å²) >= 11 is 5.92. The number of ether oxygens (including phenoxy) is 3. The number of nitrogens with zero attached hydrogens (tertiary/aromatic N) is 2. The summed E-state index contributed by atoms with van der Waals surface area (Å²) in [5.74, 6) is 1.98. The Bertz CT molecular complexity index is 1040. The van der Waals surface area contributed by atoms with Crippen LogP contribution in [0.4, 0.5) is 0 Å². The van der Waals surface area contributed by atoms with Crippen LogP contribution in [0.2, 0.25) is 5.02 Å². The fourth-order valence-corrected chi connectivity index (χ4v) is 2.91. The van der Waals surface area contributed by atoms with E-state index in [4.69, 9.17) is 25.8 Å². The van der Waals surface area contributed by atoms with Crippen LogP contribution in [-0.2, 0) is 11.3 Å². The predicted octanol–water partition coefficient (Wildman–Crippen LogP) is 3.53. The number of nitrogens with one attached hydrogen (secondary N) is 1. The number of aromatic nitrogens is 2. The molecule has 0 saturated heterocycles. The number of benzene rings is 2. The average Bonchev–Trinajstić information content (AvgIpc) is 3.19. The van der Waals surface area contributed by atoms with Gasteiger partial charge in [0.1, 0.15) is 0 Å². The minimum absolute atomic E-state index is 0.152. The number of carbonyl (C=O) groups excluding carboxylic acids is 1. The van der Waals surface area contributed by atoms with Crippen molar-refractivity contribution < 1.29 is 19.0 Å². The van der Waals surface area contributed by atoms with E-state index >= 15 is 0 Å². The van der Waals surface area contributed by atoms with Gasteiger partial charge in [-0.25, -0.2) is 4.98 Å². The van der Waals surface area contributed by atoms with Gasteiger partial charge in [0.2, 0.25) is 12.7 Å². The number of rotatable bonds is 6. The van der Waals surface area contributed by atoms with Crippen LogP contribution in [-0.4, -0.2) is 29.3 Å². The molecule has 3 aromatic rings. The lowest BCUT2D eigenvalue weighted by Crippen LogP contribution is -2.28. The van der Waals surface area contributed by atoms with E-state index in [2.05, 4.69) is 15.3 Å². The van der Waals surface area contributed by atoms with Gasteiger partial charge in [-0.3, -0.25) is 4.79 Å². The molecule has 4 rings (SSSR count). The Morgan fingerprint density at radius 1 is 1.10 bits per heavy atom. The second-order valence-electron chi connectivity index (χ2n) is 6.43. The highest BCUT2D eigenvalue weighted by Crippen LogP contribution is 2.32. The molecule has 0 spiro atoms. The molecule has 0 bridgehead atoms. The molecular weight excluding hydrogens is 394 g/mol. The third-order valence-corrected chi connectivity index (χ3v) is 4.46. The van der Waals surface area contributed by atoms with E-state index in [1.54, 1.807) is 18.2 Å². The second-order valence-corrected chi connectivity index (χ2v) is 6.87. The van der Waals surface area contributed by atoms with Crippen molar-refractivity contribution in [3.8, 4) is 28.8 Å². The molecule has 0 radical (unpaired) electrons. The first kappa shape index (κ1) is 19.0. The number of hydrogen-bond acceptors (Lipinski definition) is 6. The van der Waals surface area contributed by atoms with Crippen molar-refractivity contribution in [3.05, 3.63) is 64.8 Å². The molecular formula is C21H18ClN3O4. The van der Waals surface area contributed by atoms with Crippen LogP contribution in [0.15, 0.2) is 48.5 Å². The van der Waals surface area contributed by atoms with Crippen molar-refractivity contribution in [3.63, 3.8) is 0 Å². The van der Waals surface area contributed by atoms with Crippen LogP contribution in [0.1, 0.15) is 11.3 Å². The first-order valence-electron chi connectivity index (χ1n) is 8.96. The number of hydrogen-bond donors (Lipinski definition) is 1. The summed E-state index contributed by atoms with van der Waals surface area (Å²) in [6.45, 7) is 2.27. The van der Waals surface area contributed by atoms with Crippen molar-refractivity contribution in [2.75, 3.05) is 13.4 Å². The molecule has 8 heteroatoms. The molecule has 0 aliphatic carbocycles. The Morgan fingerprint density at radius 3 is 2.72 bits per heavy atom. The van der Waals surface area contributed by atoms with Gasteiger partial charge < -0.3 is 19.5 Å². The number of fused-ring (bicyclic) bond motifs is 1. The Balaban J connectivity index is 1.34. The topological polar surface area (TPSA) is 82.6 Å². The molecule has 1 aromatic heterocycles. The lowest BCUT2D eigenvalue weighted by Gasteiger charge is -2.09. The zero-order valence-corrected chi connectivity index (χ0v) is 16.4. The van der Waals surface area contributed by atoms with Crippen LogP contribution in [0, 0.1) is 6.92 Å². The highest BCUT2D eigenvalue weighted by molar-refractivity contribution is 6.30. The summed E-state index contributed by atoms with van der Waals surface area (Å²) in [4.78, 5) is 20.9. The number of amides is 1. The molecule has 148 valence electrons. The fourth-order valence-electron chi connectivity index (χ4n) is 2.78. The molecule has 0 fully saturated rings. The maximum atomic E-state index is 12.2. The van der Waals surface area contributed by atoms with E-state index in [9.17, 15) is 4.79 Å². The van der Waals surface area contributed by atoms with Gasteiger partial charge >= 0.3 is 0 Å². The smallest absolute Gasteiger partial charge is 0.258 e. The van der Waals surface area contributed by atoms with Crippen molar-refractivity contribution in [1.82, 2.24) is 15.3 Å². The first-order chi connectivity index (χ1) is 14.1. The lowest BCUT2D eigenvalue weighted by atomic mass is 10.2. The SMILES string of the molecule is Cc1cc(OCC(=O)NCc2ccc3c(c2)OCO3)nc(-c2ccc(Cl)cc2)n1. The third kappa shape index (κ3) is 4.75. The van der Waals surface area contributed by atoms with E-state index in [-0.39, 0.29) is 19.3 Å². The molecule has 29 heavy (non-hydrogen) atoms. The van der Waals surface area contributed by atoms with E-state index in [0.29, 0.717) is 34.8 Å². The van der Waals surface area contributed by atoms with Gasteiger partial charge in [0.05, 0.1) is 0 Å². The van der Waals surface area contributed by atoms with Gasteiger partial charge in [-0.1, -0.05) is 17.7 Å². The summed E-state index contributed by atoms with van der Waals surface area (Å²) in [6.07, 6.45) is 0. The molecule has 2 heterocycles. The predicted molar refractivity (Wildman–Crippen MR) is 107 cm³/mol. The van der Waals surface area contributed by atoms with Gasteiger partial charge in [-0.2, -0.15) is 4.98 Å². The van der Waals surface area contributed by atoms with Crippen LogP contribution >= 0.6 is 11.6 Å². The lowest BCUT2D eigenvalue weighted by molar-refractivity contribution is -0.123. The summed E-state index contributed by atoms with van der Waals surface area (Å²) < 4.78 is 16.2. The maximum absolute atomic E-state index is 12.2. The van der Waals surface area contributed by atoms with Gasteiger partial charge in [0.25, 0.3) is 5.91 Å². The van der Waals surface area contributed by atoms with Crippen molar-refractivity contribution >= 4 is 17.5 Å². The van der Waals surface area contributed by atoms with Gasteiger partial charge in [-0.05, 0) is 48.9 Å². The van der Waals surface area contributed by atoms with Crippen molar-refractivity contribution in [2.45, 2.75) is 13.5 Å². The molecule has 0 unspecified atom stereocenters. The molecule has 1 aliphatic rings. The number of halogens is 1. The Kier molecular flexibility index (Phi) is 5.48. The number of carbonyl (C=O) groups is 1. The molecule has 0 saturated carbocycles. The van der Waals surface area contributed by atoms with Crippen molar-refractivity contribution in [2.24, 2.45) is 0 Å². The second kappa shape index (κ2) is 8.36. The normalized spacial score (nSPS) is 11.9. The minimum Gasteiger partial charge on any atom is -0.467 e. The quantitative estimate of drug-likeness (QED) is 0.668. The van der Waals surface area contributed by atoms with E-state index in [1.165, 1.54) is 0 Å². The zero-order valence-electron chi connectivity index (χ0n) is 15.6. The zero-order chi connectivity index (χ0) is 20.2. The van der Waals surface area contributed by atoms with Gasteiger partial charge in [-0.15, -0.1) is 0 Å². The Labute approximate surface area is 172 Å². The summed E-state index contributed by atoms with van der Waals surface area (Å²) in [7, 11) is 0. The molecule has 0 atom stereocenters.